The minimum Gasteiger partial charge on any atom is -0.383 e. The summed E-state index contributed by atoms with van der Waals surface area (Å²) in [5.74, 6) is -0.0611. The Bertz CT molecular complexity index is 589. The fraction of sp³-hybridized carbons (Fsp3) is 0.286. The third kappa shape index (κ3) is 3.20. The molecular weight excluding hydrogens is 244 g/mol. The number of hydrogen-bond donors (Lipinski definition) is 1. The molecule has 0 bridgehead atoms. The van der Waals surface area contributed by atoms with Gasteiger partial charge in [0.1, 0.15) is 12.8 Å². The van der Waals surface area contributed by atoms with Crippen molar-refractivity contribution in [1.29, 1.82) is 0 Å². The van der Waals surface area contributed by atoms with Crippen LogP contribution < -0.4 is 5.32 Å². The Balaban J connectivity index is 2.08. The molecule has 0 saturated heterocycles. The Morgan fingerprint density at radius 3 is 3.00 bits per heavy atom. The largest absolute Gasteiger partial charge is 0.383 e. The highest BCUT2D eigenvalue weighted by molar-refractivity contribution is 5.88. The maximum atomic E-state index is 11.7. The van der Waals surface area contributed by atoms with Crippen LogP contribution in [0.15, 0.2) is 30.5 Å². The number of amides is 1. The quantitative estimate of drug-likeness (QED) is 0.627. The van der Waals surface area contributed by atoms with Crippen LogP contribution in [0.5, 0.6) is 0 Å². The number of carbonyl (C=O) groups is 2. The van der Waals surface area contributed by atoms with Crippen LogP contribution in [0.25, 0.3) is 10.9 Å². The van der Waals surface area contributed by atoms with Crippen molar-refractivity contribution in [3.63, 3.8) is 0 Å². The maximum absolute atomic E-state index is 11.7. The first-order valence-electron chi connectivity index (χ1n) is 6.04. The molecule has 0 aliphatic carbocycles. The molecule has 1 heterocycles. The summed E-state index contributed by atoms with van der Waals surface area (Å²) in [5.41, 5.74) is 1.57. The standard InChI is InChI=1S/C14H16N2O3/c1-19-7-5-15-14(18)9-16-6-4-12-8-11(10-17)2-3-13(12)16/h2-4,6,8,10H,5,7,9H2,1H3,(H,15,18). The molecule has 5 nitrogen and oxygen atoms in total. The summed E-state index contributed by atoms with van der Waals surface area (Å²) in [6.45, 7) is 1.26. The SMILES string of the molecule is COCCNC(=O)Cn1ccc2cc(C=O)ccc21. The lowest BCUT2D eigenvalue weighted by Gasteiger charge is -2.07. The van der Waals surface area contributed by atoms with Gasteiger partial charge in [0, 0.05) is 36.3 Å². The number of ether oxygens (including phenoxy) is 1. The van der Waals surface area contributed by atoms with Gasteiger partial charge in [0.05, 0.1) is 6.61 Å². The average Bonchev–Trinajstić information content (AvgIpc) is 2.81. The third-order valence-corrected chi connectivity index (χ3v) is 2.87. The summed E-state index contributed by atoms with van der Waals surface area (Å²) >= 11 is 0. The molecule has 0 radical (unpaired) electrons. The van der Waals surface area contributed by atoms with E-state index in [2.05, 4.69) is 5.32 Å². The molecule has 2 aromatic rings. The Morgan fingerprint density at radius 2 is 2.26 bits per heavy atom. The first-order valence-corrected chi connectivity index (χ1v) is 6.04. The van der Waals surface area contributed by atoms with Crippen LogP contribution in [0, 0.1) is 0 Å². The number of aromatic nitrogens is 1. The summed E-state index contributed by atoms with van der Waals surface area (Å²) < 4.78 is 6.72. The monoisotopic (exact) mass is 260 g/mol. The van der Waals surface area contributed by atoms with Gasteiger partial charge < -0.3 is 14.6 Å². The van der Waals surface area contributed by atoms with E-state index in [-0.39, 0.29) is 12.5 Å². The van der Waals surface area contributed by atoms with Gasteiger partial charge in [-0.25, -0.2) is 0 Å². The summed E-state index contributed by atoms with van der Waals surface area (Å²) in [7, 11) is 1.59. The molecule has 0 aliphatic rings. The lowest BCUT2D eigenvalue weighted by atomic mass is 10.2. The van der Waals surface area contributed by atoms with Crippen LogP contribution in [0.4, 0.5) is 0 Å². The van der Waals surface area contributed by atoms with Crippen molar-refractivity contribution in [2.75, 3.05) is 20.3 Å². The molecule has 1 aromatic heterocycles. The second kappa shape index (κ2) is 6.15. The number of nitrogens with zero attached hydrogens (tertiary/aromatic N) is 1. The highest BCUT2D eigenvalue weighted by Crippen LogP contribution is 2.16. The van der Waals surface area contributed by atoms with E-state index >= 15 is 0 Å². The van der Waals surface area contributed by atoms with Crippen LogP contribution in [0.2, 0.25) is 0 Å². The highest BCUT2D eigenvalue weighted by atomic mass is 16.5. The van der Waals surface area contributed by atoms with Gasteiger partial charge in [-0.15, -0.1) is 0 Å². The zero-order valence-corrected chi connectivity index (χ0v) is 10.8. The predicted molar refractivity (Wildman–Crippen MR) is 72.2 cm³/mol. The molecule has 0 saturated carbocycles. The van der Waals surface area contributed by atoms with Crippen molar-refractivity contribution in [2.45, 2.75) is 6.54 Å². The predicted octanol–water partition coefficient (Wildman–Crippen LogP) is 1.22. The second-order valence-electron chi connectivity index (χ2n) is 4.22. The first-order chi connectivity index (χ1) is 9.24. The number of rotatable bonds is 6. The number of hydrogen-bond acceptors (Lipinski definition) is 3. The van der Waals surface area contributed by atoms with Gasteiger partial charge >= 0.3 is 0 Å². The summed E-state index contributed by atoms with van der Waals surface area (Å²) in [6.07, 6.45) is 2.66. The van der Waals surface area contributed by atoms with E-state index in [4.69, 9.17) is 4.74 Å². The summed E-state index contributed by atoms with van der Waals surface area (Å²) in [6, 6.07) is 7.29. The fourth-order valence-corrected chi connectivity index (χ4v) is 1.93. The molecule has 1 N–H and O–H groups in total. The maximum Gasteiger partial charge on any atom is 0.240 e. The van der Waals surface area contributed by atoms with Crippen molar-refractivity contribution >= 4 is 23.1 Å². The molecule has 0 spiro atoms. The number of benzene rings is 1. The molecule has 2 rings (SSSR count). The Morgan fingerprint density at radius 1 is 1.42 bits per heavy atom. The third-order valence-electron chi connectivity index (χ3n) is 2.87. The highest BCUT2D eigenvalue weighted by Gasteiger charge is 2.06. The van der Waals surface area contributed by atoms with Crippen molar-refractivity contribution in [3.05, 3.63) is 36.0 Å². The number of carbonyl (C=O) groups excluding carboxylic acids is 2. The summed E-state index contributed by atoms with van der Waals surface area (Å²) in [5, 5.41) is 3.72. The zero-order chi connectivity index (χ0) is 13.7. The molecule has 100 valence electrons. The Hall–Kier alpha value is -2.14. The van der Waals surface area contributed by atoms with Crippen LogP contribution in [0.3, 0.4) is 0 Å². The molecular formula is C14H16N2O3. The van der Waals surface area contributed by atoms with E-state index in [0.29, 0.717) is 18.7 Å². The van der Waals surface area contributed by atoms with Crippen molar-refractivity contribution < 1.29 is 14.3 Å². The minimum absolute atomic E-state index is 0.0611. The second-order valence-corrected chi connectivity index (χ2v) is 4.22. The molecule has 0 fully saturated rings. The normalized spacial score (nSPS) is 10.6. The van der Waals surface area contributed by atoms with Gasteiger partial charge in [0.25, 0.3) is 0 Å². The average molecular weight is 260 g/mol. The van der Waals surface area contributed by atoms with Gasteiger partial charge in [-0.2, -0.15) is 0 Å². The van der Waals surface area contributed by atoms with Gasteiger partial charge in [-0.3, -0.25) is 9.59 Å². The molecule has 1 amide bonds. The van der Waals surface area contributed by atoms with Gasteiger partial charge in [-0.05, 0) is 24.3 Å². The first kappa shape index (κ1) is 13.3. The van der Waals surface area contributed by atoms with Crippen LogP contribution >= 0.6 is 0 Å². The van der Waals surface area contributed by atoms with Crippen LogP contribution in [-0.2, 0) is 16.1 Å². The van der Waals surface area contributed by atoms with E-state index in [1.165, 1.54) is 0 Å². The van der Waals surface area contributed by atoms with E-state index < -0.39 is 0 Å². The van der Waals surface area contributed by atoms with E-state index in [9.17, 15) is 9.59 Å². The molecule has 1 aromatic carbocycles. The minimum atomic E-state index is -0.0611. The molecule has 19 heavy (non-hydrogen) atoms. The molecule has 0 unspecified atom stereocenters. The lowest BCUT2D eigenvalue weighted by molar-refractivity contribution is -0.121. The number of methoxy groups -OCH3 is 1. The number of nitrogens with one attached hydrogen (secondary N) is 1. The molecule has 0 atom stereocenters. The van der Waals surface area contributed by atoms with Crippen LogP contribution in [-0.4, -0.2) is 37.0 Å². The van der Waals surface area contributed by atoms with Crippen molar-refractivity contribution in [3.8, 4) is 0 Å². The van der Waals surface area contributed by atoms with Crippen LogP contribution in [0.1, 0.15) is 10.4 Å². The van der Waals surface area contributed by atoms with Gasteiger partial charge in [-0.1, -0.05) is 0 Å². The number of aldehydes is 1. The van der Waals surface area contributed by atoms with Crippen molar-refractivity contribution in [2.24, 2.45) is 0 Å². The fourth-order valence-electron chi connectivity index (χ4n) is 1.93. The number of fused-ring (bicyclic) bond motifs is 1. The Labute approximate surface area is 111 Å². The van der Waals surface area contributed by atoms with E-state index in [0.717, 1.165) is 17.2 Å². The zero-order valence-electron chi connectivity index (χ0n) is 10.8. The van der Waals surface area contributed by atoms with E-state index in [1.807, 2.05) is 29.0 Å². The van der Waals surface area contributed by atoms with Gasteiger partial charge in [0.15, 0.2) is 0 Å². The smallest absolute Gasteiger partial charge is 0.240 e. The Kier molecular flexibility index (Phi) is 4.30. The van der Waals surface area contributed by atoms with Crippen molar-refractivity contribution in [1.82, 2.24) is 9.88 Å². The summed E-state index contributed by atoms with van der Waals surface area (Å²) in [4.78, 5) is 22.4. The topological polar surface area (TPSA) is 60.3 Å². The van der Waals surface area contributed by atoms with E-state index in [1.54, 1.807) is 13.2 Å². The molecule has 0 aliphatic heterocycles. The van der Waals surface area contributed by atoms with Gasteiger partial charge in [0.2, 0.25) is 5.91 Å². The molecule has 5 heteroatoms. The lowest BCUT2D eigenvalue weighted by Crippen LogP contribution is -2.30.